The van der Waals surface area contributed by atoms with E-state index in [0.29, 0.717) is 6.54 Å². The van der Waals surface area contributed by atoms with Crippen LogP contribution in [0, 0.1) is 0 Å². The Labute approximate surface area is 71.0 Å². The van der Waals surface area contributed by atoms with Crippen molar-refractivity contribution in [1.29, 1.82) is 0 Å². The highest BCUT2D eigenvalue weighted by molar-refractivity contribution is 5.72. The van der Waals surface area contributed by atoms with Crippen molar-refractivity contribution in [3.05, 3.63) is 24.3 Å². The zero-order chi connectivity index (χ0) is 8.81. The van der Waals surface area contributed by atoms with Crippen LogP contribution in [0.4, 0.5) is 0 Å². The summed E-state index contributed by atoms with van der Waals surface area (Å²) in [5.74, 6) is -0.00755. The van der Waals surface area contributed by atoms with Gasteiger partial charge < -0.3 is 5.32 Å². The number of carbonyl (C=O) groups is 1. The van der Waals surface area contributed by atoms with E-state index in [1.165, 1.54) is 13.3 Å². The Balaban J connectivity index is 2.29. The molecule has 0 atom stereocenters. The molecule has 0 fully saturated rings. The molecule has 0 unspecified atom stereocenters. The van der Waals surface area contributed by atoms with E-state index in [0.717, 1.165) is 12.0 Å². The quantitative estimate of drug-likeness (QED) is 0.693. The molecule has 0 aliphatic heterocycles. The average Bonchev–Trinajstić information content (AvgIpc) is 2.05. The third-order valence-corrected chi connectivity index (χ3v) is 1.40. The molecule has 0 aliphatic carbocycles. The molecule has 1 N–H and O–H groups in total. The van der Waals surface area contributed by atoms with Crippen molar-refractivity contribution in [3.8, 4) is 0 Å². The number of aromatic nitrogens is 2. The van der Waals surface area contributed by atoms with E-state index in [1.807, 2.05) is 0 Å². The summed E-state index contributed by atoms with van der Waals surface area (Å²) in [4.78, 5) is 18.2. The highest BCUT2D eigenvalue weighted by Crippen LogP contribution is 1.92. The highest BCUT2D eigenvalue weighted by Gasteiger charge is 1.93. The summed E-state index contributed by atoms with van der Waals surface area (Å²) in [6.45, 7) is 2.14. The zero-order valence-electron chi connectivity index (χ0n) is 6.95. The van der Waals surface area contributed by atoms with Crippen LogP contribution in [0.1, 0.15) is 12.5 Å². The molecule has 4 heteroatoms. The first-order valence-electron chi connectivity index (χ1n) is 3.77. The molecule has 4 nitrogen and oxygen atoms in total. The average molecular weight is 165 g/mol. The lowest BCUT2D eigenvalue weighted by atomic mass is 10.2. The molecule has 0 aliphatic rings. The number of nitrogens with one attached hydrogen (secondary N) is 1. The fourth-order valence-electron chi connectivity index (χ4n) is 0.842. The Hall–Kier alpha value is -1.45. The summed E-state index contributed by atoms with van der Waals surface area (Å²) in [5, 5.41) is 2.70. The lowest BCUT2D eigenvalue weighted by Crippen LogP contribution is -2.22. The van der Waals surface area contributed by atoms with Crippen LogP contribution in [0.5, 0.6) is 0 Å². The Kier molecular flexibility index (Phi) is 3.19. The van der Waals surface area contributed by atoms with Gasteiger partial charge in [0.15, 0.2) is 0 Å². The fraction of sp³-hybridized carbons (Fsp3) is 0.375. The van der Waals surface area contributed by atoms with E-state index in [-0.39, 0.29) is 5.91 Å². The number of nitrogens with zero attached hydrogens (tertiary/aromatic N) is 2. The second-order valence-corrected chi connectivity index (χ2v) is 2.48. The Bertz CT molecular complexity index is 248. The summed E-state index contributed by atoms with van der Waals surface area (Å²) in [7, 11) is 0. The summed E-state index contributed by atoms with van der Waals surface area (Å²) in [6.07, 6.45) is 5.76. The number of amides is 1. The second-order valence-electron chi connectivity index (χ2n) is 2.48. The first-order chi connectivity index (χ1) is 5.79. The normalized spacial score (nSPS) is 9.42. The van der Waals surface area contributed by atoms with Crippen LogP contribution in [0.25, 0.3) is 0 Å². The number of carbonyl (C=O) groups excluding carboxylic acids is 1. The van der Waals surface area contributed by atoms with E-state index in [9.17, 15) is 4.79 Å². The van der Waals surface area contributed by atoms with Crippen molar-refractivity contribution >= 4 is 5.91 Å². The molecule has 0 spiro atoms. The lowest BCUT2D eigenvalue weighted by Gasteiger charge is -2.00. The van der Waals surface area contributed by atoms with E-state index < -0.39 is 0 Å². The molecule has 1 aromatic rings. The summed E-state index contributed by atoms with van der Waals surface area (Å²) < 4.78 is 0. The molecule has 12 heavy (non-hydrogen) atoms. The number of hydrogen-bond donors (Lipinski definition) is 1. The lowest BCUT2D eigenvalue weighted by molar-refractivity contribution is -0.118. The molecule has 1 heterocycles. The van der Waals surface area contributed by atoms with Crippen molar-refractivity contribution in [3.63, 3.8) is 0 Å². The maximum atomic E-state index is 10.5. The predicted molar refractivity (Wildman–Crippen MR) is 44.4 cm³/mol. The number of rotatable bonds is 3. The van der Waals surface area contributed by atoms with Gasteiger partial charge in [-0.15, -0.1) is 0 Å². The highest BCUT2D eigenvalue weighted by atomic mass is 16.1. The predicted octanol–water partition coefficient (Wildman–Crippen LogP) is 0.155. The van der Waals surface area contributed by atoms with Crippen LogP contribution in [-0.4, -0.2) is 22.4 Å². The monoisotopic (exact) mass is 165 g/mol. The van der Waals surface area contributed by atoms with Crippen molar-refractivity contribution in [2.24, 2.45) is 0 Å². The van der Waals surface area contributed by atoms with Crippen molar-refractivity contribution < 1.29 is 4.79 Å². The van der Waals surface area contributed by atoms with Gasteiger partial charge in [-0.25, -0.2) is 9.97 Å². The topological polar surface area (TPSA) is 54.9 Å². The Morgan fingerprint density at radius 3 is 2.75 bits per heavy atom. The minimum absolute atomic E-state index is 0.00755. The van der Waals surface area contributed by atoms with Gasteiger partial charge in [0.1, 0.15) is 6.33 Å². The molecule has 0 aromatic carbocycles. The largest absolute Gasteiger partial charge is 0.356 e. The van der Waals surface area contributed by atoms with Gasteiger partial charge in [0, 0.05) is 25.9 Å². The second kappa shape index (κ2) is 4.43. The minimum atomic E-state index is -0.00755. The minimum Gasteiger partial charge on any atom is -0.356 e. The van der Waals surface area contributed by atoms with Crippen LogP contribution in [0.2, 0.25) is 0 Å². The summed E-state index contributed by atoms with van der Waals surface area (Å²) >= 11 is 0. The smallest absolute Gasteiger partial charge is 0.216 e. The van der Waals surface area contributed by atoms with Gasteiger partial charge in [0.2, 0.25) is 5.91 Å². The van der Waals surface area contributed by atoms with Crippen LogP contribution in [0.3, 0.4) is 0 Å². The summed E-state index contributed by atoms with van der Waals surface area (Å²) in [6, 6.07) is 0. The fourth-order valence-corrected chi connectivity index (χ4v) is 0.842. The zero-order valence-corrected chi connectivity index (χ0v) is 6.95. The van der Waals surface area contributed by atoms with Gasteiger partial charge in [-0.05, 0) is 12.0 Å². The Morgan fingerprint density at radius 1 is 1.50 bits per heavy atom. The van der Waals surface area contributed by atoms with Gasteiger partial charge in [-0.1, -0.05) is 0 Å². The van der Waals surface area contributed by atoms with Gasteiger partial charge in [-0.3, -0.25) is 4.79 Å². The van der Waals surface area contributed by atoms with Gasteiger partial charge in [-0.2, -0.15) is 0 Å². The molecule has 0 saturated carbocycles. The Morgan fingerprint density at radius 2 is 2.17 bits per heavy atom. The maximum absolute atomic E-state index is 10.5. The van der Waals surface area contributed by atoms with Crippen molar-refractivity contribution in [2.45, 2.75) is 13.3 Å². The van der Waals surface area contributed by atoms with Gasteiger partial charge in [0.05, 0.1) is 0 Å². The van der Waals surface area contributed by atoms with Crippen LogP contribution in [-0.2, 0) is 11.2 Å². The van der Waals surface area contributed by atoms with E-state index >= 15 is 0 Å². The third kappa shape index (κ3) is 3.09. The maximum Gasteiger partial charge on any atom is 0.216 e. The standard InChI is InChI=1S/C8H11N3O/c1-7(12)11-3-2-8-4-9-6-10-5-8/h4-6H,2-3H2,1H3,(H,11,12). The molecule has 1 aromatic heterocycles. The van der Waals surface area contributed by atoms with Crippen molar-refractivity contribution in [2.75, 3.05) is 6.54 Å². The van der Waals surface area contributed by atoms with Crippen LogP contribution in [0.15, 0.2) is 18.7 Å². The first-order valence-corrected chi connectivity index (χ1v) is 3.77. The SMILES string of the molecule is CC(=O)NCCc1cncnc1. The molecule has 1 amide bonds. The first kappa shape index (κ1) is 8.64. The molecule has 1 rings (SSSR count). The molecular weight excluding hydrogens is 154 g/mol. The van der Waals surface area contributed by atoms with Crippen LogP contribution < -0.4 is 5.32 Å². The number of hydrogen-bond acceptors (Lipinski definition) is 3. The van der Waals surface area contributed by atoms with E-state index in [1.54, 1.807) is 12.4 Å². The molecular formula is C8H11N3O. The third-order valence-electron chi connectivity index (χ3n) is 1.40. The van der Waals surface area contributed by atoms with Gasteiger partial charge >= 0.3 is 0 Å². The van der Waals surface area contributed by atoms with Crippen molar-refractivity contribution in [1.82, 2.24) is 15.3 Å². The molecule has 0 radical (unpaired) electrons. The molecule has 0 saturated heterocycles. The van der Waals surface area contributed by atoms with Crippen LogP contribution >= 0.6 is 0 Å². The van der Waals surface area contributed by atoms with Gasteiger partial charge in [0.25, 0.3) is 0 Å². The van der Waals surface area contributed by atoms with E-state index in [2.05, 4.69) is 15.3 Å². The summed E-state index contributed by atoms with van der Waals surface area (Å²) in [5.41, 5.74) is 1.03. The molecule has 0 bridgehead atoms. The van der Waals surface area contributed by atoms with E-state index in [4.69, 9.17) is 0 Å². The molecule has 64 valence electrons.